The predicted molar refractivity (Wildman–Crippen MR) is 68.9 cm³/mol. The van der Waals surface area contributed by atoms with E-state index in [1.807, 2.05) is 6.92 Å². The predicted octanol–water partition coefficient (Wildman–Crippen LogP) is 1.23. The fourth-order valence-electron chi connectivity index (χ4n) is 1.82. The van der Waals surface area contributed by atoms with E-state index in [-0.39, 0.29) is 12.6 Å². The lowest BCUT2D eigenvalue weighted by Crippen LogP contribution is -2.36. The maximum Gasteiger partial charge on any atom is 0.325 e. The van der Waals surface area contributed by atoms with E-state index >= 15 is 0 Å². The summed E-state index contributed by atoms with van der Waals surface area (Å²) in [6, 6.07) is -0.163. The number of carboxylic acid groups (broad SMARTS) is 1. The summed E-state index contributed by atoms with van der Waals surface area (Å²) in [6.07, 6.45) is 5.35. The molecule has 2 N–H and O–H groups in total. The summed E-state index contributed by atoms with van der Waals surface area (Å²) in [5.74, 6) is -0.328. The Hall–Kier alpha value is -2.05. The summed E-state index contributed by atoms with van der Waals surface area (Å²) in [6.45, 7) is 3.17. The minimum absolute atomic E-state index is 0.163. The number of carboxylic acids is 1. The van der Waals surface area contributed by atoms with Gasteiger partial charge in [-0.3, -0.25) is 9.48 Å². The molecule has 1 aliphatic carbocycles. The zero-order chi connectivity index (χ0) is 13.8. The smallest absolute Gasteiger partial charge is 0.325 e. The molecule has 0 radical (unpaired) electrons. The summed E-state index contributed by atoms with van der Waals surface area (Å²) in [4.78, 5) is 24.3. The fourth-order valence-corrected chi connectivity index (χ4v) is 1.82. The molecule has 1 aromatic heterocycles. The van der Waals surface area contributed by atoms with Crippen molar-refractivity contribution in [3.63, 3.8) is 0 Å². The SMILES string of the molecule is CCN(CC1CC1)C(=O)Nc1cnn(CC(=O)O)c1. The van der Waals surface area contributed by atoms with Crippen LogP contribution in [-0.2, 0) is 11.3 Å². The molecule has 7 heteroatoms. The van der Waals surface area contributed by atoms with Gasteiger partial charge in [-0.15, -0.1) is 0 Å². The lowest BCUT2D eigenvalue weighted by atomic mass is 10.4. The number of carbonyl (C=O) groups excluding carboxylic acids is 1. The monoisotopic (exact) mass is 266 g/mol. The Kier molecular flexibility index (Phi) is 4.03. The van der Waals surface area contributed by atoms with E-state index in [2.05, 4.69) is 10.4 Å². The Balaban J connectivity index is 1.89. The highest BCUT2D eigenvalue weighted by molar-refractivity contribution is 5.89. The standard InChI is InChI=1S/C12H18N4O3/c1-2-15(6-9-3-4-9)12(19)14-10-5-13-16(7-10)8-11(17)18/h5,7,9H,2-4,6,8H2,1H3,(H,14,19)(H,17,18). The van der Waals surface area contributed by atoms with Crippen LogP contribution in [-0.4, -0.2) is 44.9 Å². The van der Waals surface area contributed by atoms with Crippen LogP contribution in [0.4, 0.5) is 10.5 Å². The normalized spacial score (nSPS) is 14.2. The van der Waals surface area contributed by atoms with Gasteiger partial charge in [-0.05, 0) is 25.7 Å². The highest BCUT2D eigenvalue weighted by Gasteiger charge is 2.26. The van der Waals surface area contributed by atoms with Crippen molar-refractivity contribution in [3.8, 4) is 0 Å². The number of hydrogen-bond acceptors (Lipinski definition) is 3. The van der Waals surface area contributed by atoms with Crippen molar-refractivity contribution >= 4 is 17.7 Å². The molecule has 0 atom stereocenters. The molecule has 0 aromatic carbocycles. The molecular formula is C12H18N4O3. The molecule has 0 saturated heterocycles. The average molecular weight is 266 g/mol. The van der Waals surface area contributed by atoms with Gasteiger partial charge in [0.05, 0.1) is 11.9 Å². The number of rotatable bonds is 6. The number of nitrogens with zero attached hydrogens (tertiary/aromatic N) is 3. The molecule has 19 heavy (non-hydrogen) atoms. The molecule has 104 valence electrons. The third-order valence-electron chi connectivity index (χ3n) is 3.03. The molecule has 0 unspecified atom stereocenters. The molecule has 1 fully saturated rings. The first-order chi connectivity index (χ1) is 9.08. The Morgan fingerprint density at radius 3 is 2.89 bits per heavy atom. The lowest BCUT2D eigenvalue weighted by Gasteiger charge is -2.20. The first kappa shape index (κ1) is 13.4. The first-order valence-electron chi connectivity index (χ1n) is 6.38. The molecule has 7 nitrogen and oxygen atoms in total. The second kappa shape index (κ2) is 5.73. The van der Waals surface area contributed by atoms with Crippen LogP contribution in [0.3, 0.4) is 0 Å². The van der Waals surface area contributed by atoms with Gasteiger partial charge < -0.3 is 15.3 Å². The van der Waals surface area contributed by atoms with Crippen molar-refractivity contribution in [1.29, 1.82) is 0 Å². The third-order valence-corrected chi connectivity index (χ3v) is 3.03. The number of nitrogens with one attached hydrogen (secondary N) is 1. The molecule has 2 amide bonds. The lowest BCUT2D eigenvalue weighted by molar-refractivity contribution is -0.137. The van der Waals surface area contributed by atoms with Crippen molar-refractivity contribution < 1.29 is 14.7 Å². The Labute approximate surface area is 111 Å². The topological polar surface area (TPSA) is 87.5 Å². The number of anilines is 1. The van der Waals surface area contributed by atoms with Crippen molar-refractivity contribution in [2.24, 2.45) is 5.92 Å². The van der Waals surface area contributed by atoms with Crippen LogP contribution in [0.15, 0.2) is 12.4 Å². The van der Waals surface area contributed by atoms with E-state index in [1.165, 1.54) is 29.9 Å². The molecule has 0 spiro atoms. The highest BCUT2D eigenvalue weighted by Crippen LogP contribution is 2.29. The van der Waals surface area contributed by atoms with Crippen LogP contribution in [0, 0.1) is 5.92 Å². The summed E-state index contributed by atoms with van der Waals surface area (Å²) in [5, 5.41) is 15.2. The van der Waals surface area contributed by atoms with Gasteiger partial charge in [0, 0.05) is 19.3 Å². The molecule has 1 aromatic rings. The zero-order valence-corrected chi connectivity index (χ0v) is 10.9. The molecular weight excluding hydrogens is 248 g/mol. The van der Waals surface area contributed by atoms with E-state index in [9.17, 15) is 9.59 Å². The maximum absolute atomic E-state index is 12.0. The molecule has 1 heterocycles. The van der Waals surface area contributed by atoms with Crippen LogP contribution in [0.1, 0.15) is 19.8 Å². The largest absolute Gasteiger partial charge is 0.480 e. The second-order valence-corrected chi connectivity index (χ2v) is 4.73. The van der Waals surface area contributed by atoms with Crippen molar-refractivity contribution in [1.82, 2.24) is 14.7 Å². The molecule has 1 saturated carbocycles. The molecule has 0 aliphatic heterocycles. The van der Waals surface area contributed by atoms with Gasteiger partial charge in [0.25, 0.3) is 0 Å². The van der Waals surface area contributed by atoms with Crippen molar-refractivity contribution in [2.45, 2.75) is 26.3 Å². The third kappa shape index (κ3) is 3.97. The number of aromatic nitrogens is 2. The van der Waals surface area contributed by atoms with Crippen LogP contribution in [0.2, 0.25) is 0 Å². The van der Waals surface area contributed by atoms with Gasteiger partial charge >= 0.3 is 12.0 Å². The average Bonchev–Trinajstić information content (AvgIpc) is 3.07. The van der Waals surface area contributed by atoms with E-state index in [0.717, 1.165) is 6.54 Å². The van der Waals surface area contributed by atoms with E-state index in [0.29, 0.717) is 18.2 Å². The van der Waals surface area contributed by atoms with Gasteiger partial charge in [0.2, 0.25) is 0 Å². The summed E-state index contributed by atoms with van der Waals surface area (Å²) in [5.41, 5.74) is 0.514. The van der Waals surface area contributed by atoms with Gasteiger partial charge in [-0.25, -0.2) is 4.79 Å². The van der Waals surface area contributed by atoms with Crippen LogP contribution < -0.4 is 5.32 Å². The first-order valence-corrected chi connectivity index (χ1v) is 6.38. The number of carbonyl (C=O) groups is 2. The number of amides is 2. The Morgan fingerprint density at radius 1 is 1.58 bits per heavy atom. The Bertz CT molecular complexity index is 467. The van der Waals surface area contributed by atoms with Crippen LogP contribution in [0.5, 0.6) is 0 Å². The molecule has 1 aliphatic rings. The van der Waals surface area contributed by atoms with Crippen LogP contribution in [0.25, 0.3) is 0 Å². The summed E-state index contributed by atoms with van der Waals surface area (Å²) >= 11 is 0. The maximum atomic E-state index is 12.0. The van der Waals surface area contributed by atoms with Gasteiger partial charge in [-0.1, -0.05) is 0 Å². The highest BCUT2D eigenvalue weighted by atomic mass is 16.4. The molecule has 0 bridgehead atoms. The summed E-state index contributed by atoms with van der Waals surface area (Å²) < 4.78 is 1.27. The Morgan fingerprint density at radius 2 is 2.32 bits per heavy atom. The minimum Gasteiger partial charge on any atom is -0.480 e. The zero-order valence-electron chi connectivity index (χ0n) is 10.9. The summed E-state index contributed by atoms with van der Waals surface area (Å²) in [7, 11) is 0. The number of aliphatic carboxylic acids is 1. The quantitative estimate of drug-likeness (QED) is 0.810. The van der Waals surface area contributed by atoms with E-state index in [4.69, 9.17) is 5.11 Å². The van der Waals surface area contributed by atoms with Crippen molar-refractivity contribution in [3.05, 3.63) is 12.4 Å². The number of hydrogen-bond donors (Lipinski definition) is 2. The van der Waals surface area contributed by atoms with Crippen LogP contribution >= 0.6 is 0 Å². The second-order valence-electron chi connectivity index (χ2n) is 4.73. The van der Waals surface area contributed by atoms with Gasteiger partial charge in [-0.2, -0.15) is 5.10 Å². The fraction of sp³-hybridized carbons (Fsp3) is 0.583. The number of urea groups is 1. The van der Waals surface area contributed by atoms with E-state index < -0.39 is 5.97 Å². The van der Waals surface area contributed by atoms with E-state index in [1.54, 1.807) is 4.90 Å². The minimum atomic E-state index is -0.968. The van der Waals surface area contributed by atoms with Crippen molar-refractivity contribution in [2.75, 3.05) is 18.4 Å². The molecule has 2 rings (SSSR count). The van der Waals surface area contributed by atoms with Gasteiger partial charge in [0.15, 0.2) is 0 Å². The van der Waals surface area contributed by atoms with Gasteiger partial charge in [0.1, 0.15) is 6.54 Å².